The summed E-state index contributed by atoms with van der Waals surface area (Å²) in [5.41, 5.74) is 0. The van der Waals surface area contributed by atoms with E-state index < -0.39 is 41.6 Å². The molecule has 2 N–H and O–H groups in total. The van der Waals surface area contributed by atoms with Gasteiger partial charge in [-0.1, -0.05) is 0 Å². The number of fused-ring (bicyclic) bond motifs is 1. The van der Waals surface area contributed by atoms with Crippen LogP contribution >= 0.6 is 0 Å². The lowest BCUT2D eigenvalue weighted by Gasteiger charge is -2.34. The zero-order valence-corrected chi connectivity index (χ0v) is 8.83. The molecule has 2 aliphatic rings. The normalized spacial score (nSPS) is 32.5. The first-order valence-electron chi connectivity index (χ1n) is 5.24. The number of hydrogen-bond donors (Lipinski definition) is 2. The van der Waals surface area contributed by atoms with Gasteiger partial charge in [-0.15, -0.1) is 0 Å². The first-order valence-corrected chi connectivity index (χ1v) is 5.24. The van der Waals surface area contributed by atoms with Crippen molar-refractivity contribution in [2.45, 2.75) is 31.3 Å². The molecule has 0 aliphatic carbocycles. The molecule has 17 heavy (non-hydrogen) atoms. The molecule has 0 aromatic heterocycles. The van der Waals surface area contributed by atoms with E-state index in [1.165, 1.54) is 0 Å². The highest BCUT2D eigenvalue weighted by Crippen LogP contribution is 2.33. The van der Waals surface area contributed by atoms with E-state index in [9.17, 15) is 19.2 Å². The summed E-state index contributed by atoms with van der Waals surface area (Å²) >= 11 is 0. The van der Waals surface area contributed by atoms with Gasteiger partial charge >= 0.3 is 11.9 Å². The van der Waals surface area contributed by atoms with Gasteiger partial charge in [-0.05, 0) is 12.8 Å². The van der Waals surface area contributed by atoms with Crippen LogP contribution in [-0.2, 0) is 19.2 Å². The van der Waals surface area contributed by atoms with E-state index >= 15 is 0 Å². The first-order chi connectivity index (χ1) is 7.93. The number of Topliss-reactive ketones (excluding diaryl/α,β-unsaturated/α-hetero) is 1. The highest BCUT2D eigenvalue weighted by molar-refractivity contribution is 6.18. The van der Waals surface area contributed by atoms with E-state index in [2.05, 4.69) is 0 Å². The third-order valence-electron chi connectivity index (χ3n) is 3.29. The summed E-state index contributed by atoms with van der Waals surface area (Å²) in [6, 6.07) is -1.45. The number of carboxylic acids is 2. The van der Waals surface area contributed by atoms with E-state index in [-0.39, 0.29) is 12.8 Å². The highest BCUT2D eigenvalue weighted by Gasteiger charge is 2.51. The lowest BCUT2D eigenvalue weighted by atomic mass is 9.91. The third kappa shape index (κ3) is 1.67. The van der Waals surface area contributed by atoms with Crippen LogP contribution in [0.15, 0.2) is 0 Å². The molecule has 2 heterocycles. The molecule has 0 saturated carbocycles. The Hall–Kier alpha value is -1.92. The van der Waals surface area contributed by atoms with E-state index in [0.29, 0.717) is 6.42 Å². The second-order valence-corrected chi connectivity index (χ2v) is 4.27. The quantitative estimate of drug-likeness (QED) is 0.606. The van der Waals surface area contributed by atoms with Crippen LogP contribution in [0.5, 0.6) is 0 Å². The molecular formula is C10H11NO6. The van der Waals surface area contributed by atoms with Crippen molar-refractivity contribution in [2.24, 2.45) is 5.92 Å². The minimum atomic E-state index is -1.73. The van der Waals surface area contributed by atoms with Gasteiger partial charge in [0.1, 0.15) is 6.04 Å². The molecule has 7 heteroatoms. The average molecular weight is 241 g/mol. The Balaban J connectivity index is 2.31. The van der Waals surface area contributed by atoms with Gasteiger partial charge in [-0.25, -0.2) is 4.79 Å². The van der Waals surface area contributed by atoms with Gasteiger partial charge in [0.05, 0.1) is 0 Å². The Morgan fingerprint density at radius 2 is 1.76 bits per heavy atom. The second kappa shape index (κ2) is 3.83. The Bertz CT molecular complexity index is 417. The molecule has 0 spiro atoms. The van der Waals surface area contributed by atoms with Gasteiger partial charge in [0.15, 0.2) is 11.7 Å². The number of piperidine rings is 1. The second-order valence-electron chi connectivity index (χ2n) is 4.27. The minimum absolute atomic E-state index is 0.0630. The number of carbonyl (C=O) groups excluding carboxylic acids is 2. The number of amides is 1. The van der Waals surface area contributed by atoms with Gasteiger partial charge in [0.25, 0.3) is 0 Å². The number of ketones is 1. The van der Waals surface area contributed by atoms with E-state index in [4.69, 9.17) is 10.2 Å². The van der Waals surface area contributed by atoms with Crippen LogP contribution in [-0.4, -0.2) is 50.8 Å². The van der Waals surface area contributed by atoms with Crippen molar-refractivity contribution in [2.75, 3.05) is 0 Å². The molecule has 2 aliphatic heterocycles. The highest BCUT2D eigenvalue weighted by atomic mass is 16.4. The van der Waals surface area contributed by atoms with Crippen molar-refractivity contribution in [3.8, 4) is 0 Å². The number of hydrogen-bond acceptors (Lipinski definition) is 4. The summed E-state index contributed by atoms with van der Waals surface area (Å²) in [5, 5.41) is 17.7. The standard InChI is InChI=1S/C10H11NO6/c12-6-3-4-1-2-5(9(14)15)11(4)8(13)7(6)10(16)17/h4-5,7H,1-3H2,(H,14,15)(H,16,17). The van der Waals surface area contributed by atoms with Crippen LogP contribution in [0, 0.1) is 5.92 Å². The molecule has 1 amide bonds. The van der Waals surface area contributed by atoms with E-state index in [1.807, 2.05) is 0 Å². The maximum Gasteiger partial charge on any atom is 0.326 e. The van der Waals surface area contributed by atoms with Gasteiger partial charge in [-0.2, -0.15) is 0 Å². The maximum absolute atomic E-state index is 11.8. The van der Waals surface area contributed by atoms with Crippen LogP contribution in [0.2, 0.25) is 0 Å². The number of aliphatic carboxylic acids is 2. The van der Waals surface area contributed by atoms with Crippen molar-refractivity contribution < 1.29 is 29.4 Å². The fourth-order valence-electron chi connectivity index (χ4n) is 2.54. The summed E-state index contributed by atoms with van der Waals surface area (Å²) in [4.78, 5) is 46.1. The Kier molecular flexibility index (Phi) is 2.60. The molecule has 3 atom stereocenters. The van der Waals surface area contributed by atoms with Gasteiger partial charge in [0, 0.05) is 12.5 Å². The molecule has 0 aromatic rings. The molecule has 0 aromatic carbocycles. The molecular weight excluding hydrogens is 230 g/mol. The predicted octanol–water partition coefficient (Wildman–Crippen LogP) is -0.896. The van der Waals surface area contributed by atoms with Crippen molar-refractivity contribution in [3.05, 3.63) is 0 Å². The smallest absolute Gasteiger partial charge is 0.326 e. The molecule has 0 radical (unpaired) electrons. The zero-order chi connectivity index (χ0) is 12.7. The number of carboxylic acid groups (broad SMARTS) is 2. The van der Waals surface area contributed by atoms with E-state index in [0.717, 1.165) is 4.90 Å². The molecule has 92 valence electrons. The van der Waals surface area contributed by atoms with Gasteiger partial charge in [0.2, 0.25) is 5.91 Å². The summed E-state index contributed by atoms with van der Waals surface area (Å²) in [6.07, 6.45) is 0.638. The van der Waals surface area contributed by atoms with Crippen molar-refractivity contribution in [1.82, 2.24) is 4.90 Å². The summed E-state index contributed by atoms with van der Waals surface area (Å²) in [5.74, 6) is -5.90. The monoisotopic (exact) mass is 241 g/mol. The summed E-state index contributed by atoms with van der Waals surface area (Å²) in [7, 11) is 0. The Labute approximate surface area is 96.0 Å². The number of carbonyl (C=O) groups is 4. The molecule has 2 fully saturated rings. The van der Waals surface area contributed by atoms with Crippen molar-refractivity contribution in [1.29, 1.82) is 0 Å². The largest absolute Gasteiger partial charge is 0.480 e. The summed E-state index contributed by atoms with van der Waals surface area (Å²) < 4.78 is 0. The molecule has 2 saturated heterocycles. The molecule has 2 rings (SSSR count). The van der Waals surface area contributed by atoms with Crippen LogP contribution < -0.4 is 0 Å². The SMILES string of the molecule is O=C(O)C1C(=O)CC2CCC(C(=O)O)N2C1=O. The van der Waals surface area contributed by atoms with Crippen LogP contribution in [0.25, 0.3) is 0 Å². The average Bonchev–Trinajstić information content (AvgIpc) is 2.60. The van der Waals surface area contributed by atoms with Gasteiger partial charge < -0.3 is 15.1 Å². The third-order valence-corrected chi connectivity index (χ3v) is 3.29. The first kappa shape index (κ1) is 11.6. The lowest BCUT2D eigenvalue weighted by Crippen LogP contribution is -2.55. The molecule has 7 nitrogen and oxygen atoms in total. The number of nitrogens with zero attached hydrogens (tertiary/aromatic N) is 1. The van der Waals surface area contributed by atoms with Crippen molar-refractivity contribution >= 4 is 23.6 Å². The van der Waals surface area contributed by atoms with Crippen LogP contribution in [0.1, 0.15) is 19.3 Å². The fourth-order valence-corrected chi connectivity index (χ4v) is 2.54. The fraction of sp³-hybridized carbons (Fsp3) is 0.600. The van der Waals surface area contributed by atoms with Crippen LogP contribution in [0.4, 0.5) is 0 Å². The zero-order valence-electron chi connectivity index (χ0n) is 8.83. The molecule has 0 bridgehead atoms. The van der Waals surface area contributed by atoms with Crippen molar-refractivity contribution in [3.63, 3.8) is 0 Å². The Morgan fingerprint density at radius 1 is 1.12 bits per heavy atom. The maximum atomic E-state index is 11.8. The predicted molar refractivity (Wildman–Crippen MR) is 52.0 cm³/mol. The summed E-state index contributed by atoms with van der Waals surface area (Å²) in [6.45, 7) is 0. The number of rotatable bonds is 2. The Morgan fingerprint density at radius 3 is 2.29 bits per heavy atom. The topological polar surface area (TPSA) is 112 Å². The van der Waals surface area contributed by atoms with Gasteiger partial charge in [-0.3, -0.25) is 14.4 Å². The lowest BCUT2D eigenvalue weighted by molar-refractivity contribution is -0.164. The van der Waals surface area contributed by atoms with Crippen LogP contribution in [0.3, 0.4) is 0 Å². The van der Waals surface area contributed by atoms with E-state index in [1.54, 1.807) is 0 Å². The molecule has 3 unspecified atom stereocenters. The minimum Gasteiger partial charge on any atom is -0.480 e.